The molecule has 0 saturated carbocycles. The summed E-state index contributed by atoms with van der Waals surface area (Å²) >= 11 is 5.95. The fourth-order valence-electron chi connectivity index (χ4n) is 2.99. The largest absolute Gasteiger partial charge is 0.335 e. The molecule has 1 atom stereocenters. The second-order valence-electron chi connectivity index (χ2n) is 5.59. The standard InChI is InChI=1S/C19H18ClNO/c1-21(18-11-10-15-6-2-3-8-17(15)18)19(22)12-9-14-5-4-7-16(20)13-14/h2-9,12-13,18H,10-11H2,1H3. The number of carbonyl (C=O) groups is 1. The number of amides is 1. The molecule has 1 aliphatic carbocycles. The number of hydrogen-bond acceptors (Lipinski definition) is 1. The van der Waals surface area contributed by atoms with E-state index in [0.717, 1.165) is 18.4 Å². The molecule has 0 N–H and O–H groups in total. The van der Waals surface area contributed by atoms with Crippen molar-refractivity contribution in [1.29, 1.82) is 0 Å². The van der Waals surface area contributed by atoms with E-state index < -0.39 is 0 Å². The van der Waals surface area contributed by atoms with Crippen LogP contribution in [0.2, 0.25) is 5.02 Å². The van der Waals surface area contributed by atoms with Crippen molar-refractivity contribution in [3.05, 3.63) is 76.3 Å². The number of halogens is 1. The smallest absolute Gasteiger partial charge is 0.246 e. The molecule has 2 nitrogen and oxygen atoms in total. The van der Waals surface area contributed by atoms with E-state index in [1.807, 2.05) is 48.4 Å². The van der Waals surface area contributed by atoms with Gasteiger partial charge in [-0.05, 0) is 47.7 Å². The molecule has 0 heterocycles. The molecule has 1 unspecified atom stereocenters. The zero-order chi connectivity index (χ0) is 15.5. The van der Waals surface area contributed by atoms with Gasteiger partial charge in [-0.15, -0.1) is 0 Å². The van der Waals surface area contributed by atoms with Gasteiger partial charge >= 0.3 is 0 Å². The SMILES string of the molecule is CN(C(=O)C=Cc1cccc(Cl)c1)C1CCc2ccccc21. The average Bonchev–Trinajstić information content (AvgIpc) is 2.96. The maximum Gasteiger partial charge on any atom is 0.246 e. The molecule has 2 aromatic carbocycles. The summed E-state index contributed by atoms with van der Waals surface area (Å²) in [6, 6.07) is 16.0. The van der Waals surface area contributed by atoms with Crippen LogP contribution in [0.25, 0.3) is 6.08 Å². The summed E-state index contributed by atoms with van der Waals surface area (Å²) in [6.07, 6.45) is 5.46. The molecule has 3 rings (SSSR count). The summed E-state index contributed by atoms with van der Waals surface area (Å²) in [5.41, 5.74) is 3.56. The molecule has 0 aliphatic heterocycles. The molecule has 0 saturated heterocycles. The van der Waals surface area contributed by atoms with Gasteiger partial charge in [0.15, 0.2) is 0 Å². The minimum absolute atomic E-state index is 0.0154. The van der Waals surface area contributed by atoms with Crippen LogP contribution in [0.3, 0.4) is 0 Å². The molecular weight excluding hydrogens is 294 g/mol. The van der Waals surface area contributed by atoms with Crippen molar-refractivity contribution >= 4 is 23.6 Å². The normalized spacial score (nSPS) is 16.7. The van der Waals surface area contributed by atoms with Crippen molar-refractivity contribution in [2.45, 2.75) is 18.9 Å². The Morgan fingerprint density at radius 3 is 2.86 bits per heavy atom. The molecule has 112 valence electrons. The van der Waals surface area contributed by atoms with Gasteiger partial charge in [-0.3, -0.25) is 4.79 Å². The van der Waals surface area contributed by atoms with Gasteiger partial charge < -0.3 is 4.90 Å². The van der Waals surface area contributed by atoms with Crippen molar-refractivity contribution in [3.8, 4) is 0 Å². The van der Waals surface area contributed by atoms with Crippen LogP contribution in [-0.4, -0.2) is 17.9 Å². The van der Waals surface area contributed by atoms with Crippen molar-refractivity contribution in [1.82, 2.24) is 4.90 Å². The second-order valence-corrected chi connectivity index (χ2v) is 6.03. The molecule has 2 aromatic rings. The van der Waals surface area contributed by atoms with Crippen LogP contribution in [0, 0.1) is 0 Å². The average molecular weight is 312 g/mol. The number of likely N-dealkylation sites (N-methyl/N-ethyl adjacent to an activating group) is 1. The Bertz CT molecular complexity index is 723. The van der Waals surface area contributed by atoms with E-state index in [2.05, 4.69) is 18.2 Å². The van der Waals surface area contributed by atoms with Crippen LogP contribution in [0.5, 0.6) is 0 Å². The number of carbonyl (C=O) groups excluding carboxylic acids is 1. The first-order valence-corrected chi connectivity index (χ1v) is 7.81. The van der Waals surface area contributed by atoms with E-state index in [4.69, 9.17) is 11.6 Å². The van der Waals surface area contributed by atoms with Crippen molar-refractivity contribution in [2.24, 2.45) is 0 Å². The van der Waals surface area contributed by atoms with Gasteiger partial charge in [0.1, 0.15) is 0 Å². The fraction of sp³-hybridized carbons (Fsp3) is 0.211. The van der Waals surface area contributed by atoms with Gasteiger partial charge in [-0.25, -0.2) is 0 Å². The highest BCUT2D eigenvalue weighted by Gasteiger charge is 2.27. The van der Waals surface area contributed by atoms with Crippen LogP contribution in [0.4, 0.5) is 0 Å². The maximum absolute atomic E-state index is 12.4. The zero-order valence-electron chi connectivity index (χ0n) is 12.5. The summed E-state index contributed by atoms with van der Waals surface area (Å²) in [5.74, 6) is 0.0154. The summed E-state index contributed by atoms with van der Waals surface area (Å²) in [4.78, 5) is 14.2. The first kappa shape index (κ1) is 14.9. The molecular formula is C19H18ClNO. The molecule has 0 bridgehead atoms. The molecule has 1 amide bonds. The molecule has 22 heavy (non-hydrogen) atoms. The van der Waals surface area contributed by atoms with Gasteiger partial charge in [0, 0.05) is 18.1 Å². The number of benzene rings is 2. The summed E-state index contributed by atoms with van der Waals surface area (Å²) in [6.45, 7) is 0. The Hall–Kier alpha value is -2.06. The Morgan fingerprint density at radius 2 is 2.05 bits per heavy atom. The van der Waals surface area contributed by atoms with Crippen LogP contribution in [-0.2, 0) is 11.2 Å². The zero-order valence-corrected chi connectivity index (χ0v) is 13.3. The number of hydrogen-bond donors (Lipinski definition) is 0. The quantitative estimate of drug-likeness (QED) is 0.764. The van der Waals surface area contributed by atoms with Crippen molar-refractivity contribution in [3.63, 3.8) is 0 Å². The first-order chi connectivity index (χ1) is 10.6. The summed E-state index contributed by atoms with van der Waals surface area (Å²) in [7, 11) is 1.87. The van der Waals surface area contributed by atoms with E-state index in [1.54, 1.807) is 6.08 Å². The highest BCUT2D eigenvalue weighted by molar-refractivity contribution is 6.30. The lowest BCUT2D eigenvalue weighted by Gasteiger charge is -2.24. The van der Waals surface area contributed by atoms with E-state index in [1.165, 1.54) is 11.1 Å². The Morgan fingerprint density at radius 1 is 1.23 bits per heavy atom. The molecule has 0 aromatic heterocycles. The minimum Gasteiger partial charge on any atom is -0.335 e. The van der Waals surface area contributed by atoms with Gasteiger partial charge in [0.05, 0.1) is 6.04 Å². The third-order valence-electron chi connectivity index (χ3n) is 4.18. The number of fused-ring (bicyclic) bond motifs is 1. The van der Waals surface area contributed by atoms with Gasteiger partial charge in [0.2, 0.25) is 5.91 Å². The van der Waals surface area contributed by atoms with Crippen LogP contribution in [0.1, 0.15) is 29.2 Å². The lowest BCUT2D eigenvalue weighted by atomic mass is 10.1. The second kappa shape index (κ2) is 6.37. The maximum atomic E-state index is 12.4. The van der Waals surface area contributed by atoms with E-state index in [0.29, 0.717) is 5.02 Å². The number of rotatable bonds is 3. The highest BCUT2D eigenvalue weighted by atomic mass is 35.5. The predicted molar refractivity (Wildman–Crippen MR) is 90.8 cm³/mol. The third-order valence-corrected chi connectivity index (χ3v) is 4.42. The molecule has 0 radical (unpaired) electrons. The van der Waals surface area contributed by atoms with E-state index in [-0.39, 0.29) is 11.9 Å². The van der Waals surface area contributed by atoms with Crippen molar-refractivity contribution < 1.29 is 4.79 Å². The first-order valence-electron chi connectivity index (χ1n) is 7.43. The Balaban J connectivity index is 1.73. The number of nitrogens with zero attached hydrogens (tertiary/aromatic N) is 1. The predicted octanol–water partition coefficient (Wildman–Crippen LogP) is 4.50. The fourth-order valence-corrected chi connectivity index (χ4v) is 3.18. The molecule has 3 heteroatoms. The van der Waals surface area contributed by atoms with Gasteiger partial charge in [-0.1, -0.05) is 48.0 Å². The topological polar surface area (TPSA) is 20.3 Å². The summed E-state index contributed by atoms with van der Waals surface area (Å²) < 4.78 is 0. The summed E-state index contributed by atoms with van der Waals surface area (Å²) in [5, 5.41) is 0.674. The van der Waals surface area contributed by atoms with Crippen molar-refractivity contribution in [2.75, 3.05) is 7.05 Å². The Labute approximate surface area is 136 Å². The van der Waals surface area contributed by atoms with Gasteiger partial charge in [-0.2, -0.15) is 0 Å². The lowest BCUT2D eigenvalue weighted by Crippen LogP contribution is -2.28. The third kappa shape index (κ3) is 3.07. The van der Waals surface area contributed by atoms with Crippen LogP contribution in [0.15, 0.2) is 54.6 Å². The van der Waals surface area contributed by atoms with E-state index in [9.17, 15) is 4.79 Å². The molecule has 0 fully saturated rings. The number of aryl methyl sites for hydroxylation is 1. The molecule has 1 aliphatic rings. The van der Waals surface area contributed by atoms with E-state index >= 15 is 0 Å². The monoisotopic (exact) mass is 311 g/mol. The lowest BCUT2D eigenvalue weighted by molar-refractivity contribution is -0.126. The van der Waals surface area contributed by atoms with Gasteiger partial charge in [0.25, 0.3) is 0 Å². The minimum atomic E-state index is 0.0154. The highest BCUT2D eigenvalue weighted by Crippen LogP contribution is 2.34. The van der Waals surface area contributed by atoms with Crippen LogP contribution >= 0.6 is 11.6 Å². The Kier molecular flexibility index (Phi) is 4.30. The van der Waals surface area contributed by atoms with Crippen LogP contribution < -0.4 is 0 Å². The molecule has 0 spiro atoms.